The summed E-state index contributed by atoms with van der Waals surface area (Å²) in [5.41, 5.74) is 2.45. The number of hydrogen-bond donors (Lipinski definition) is 2. The van der Waals surface area contributed by atoms with Crippen molar-refractivity contribution in [3.63, 3.8) is 0 Å². The van der Waals surface area contributed by atoms with Crippen LogP contribution >= 0.6 is 0 Å². The standard InChI is InChI=1S/C20H29N3O2/c24-12-13-6-17-2-3-18(7-13)22(17)11-15-1-4-19-16-5-14(8-21-9-16)10-23(19)20(15)25/h1,4,13-14,16-18,21,24H,2-3,5-12H2/t13?,14-,16+,17-,18+/m0/s1. The maximum absolute atomic E-state index is 13.1. The van der Waals surface area contributed by atoms with Crippen molar-refractivity contribution in [2.45, 2.75) is 63.2 Å². The van der Waals surface area contributed by atoms with Gasteiger partial charge in [-0.15, -0.1) is 0 Å². The van der Waals surface area contributed by atoms with E-state index in [4.69, 9.17) is 0 Å². The van der Waals surface area contributed by atoms with Gasteiger partial charge in [-0.2, -0.15) is 0 Å². The molecule has 5 heteroatoms. The van der Waals surface area contributed by atoms with Crippen LogP contribution in [0.25, 0.3) is 0 Å². The van der Waals surface area contributed by atoms with Crippen molar-refractivity contribution in [2.24, 2.45) is 11.8 Å². The van der Waals surface area contributed by atoms with Crippen LogP contribution in [0.2, 0.25) is 0 Å². The zero-order valence-corrected chi connectivity index (χ0v) is 14.9. The number of nitrogens with zero attached hydrogens (tertiary/aromatic N) is 2. The summed E-state index contributed by atoms with van der Waals surface area (Å²) in [5, 5.41) is 13.0. The van der Waals surface area contributed by atoms with Gasteiger partial charge < -0.3 is 15.0 Å². The van der Waals surface area contributed by atoms with Gasteiger partial charge in [0.2, 0.25) is 0 Å². The molecule has 4 aliphatic rings. The normalized spacial score (nSPS) is 37.1. The summed E-state index contributed by atoms with van der Waals surface area (Å²) in [6.45, 7) is 4.05. The van der Waals surface area contributed by atoms with Gasteiger partial charge in [0.25, 0.3) is 5.56 Å². The molecule has 0 saturated carbocycles. The number of piperidine rings is 2. The molecule has 136 valence electrons. The molecule has 5 heterocycles. The molecule has 1 aromatic rings. The lowest BCUT2D eigenvalue weighted by atomic mass is 9.84. The first kappa shape index (κ1) is 16.0. The number of rotatable bonds is 3. The van der Waals surface area contributed by atoms with Gasteiger partial charge >= 0.3 is 0 Å². The molecular weight excluding hydrogens is 314 g/mol. The molecule has 3 fully saturated rings. The zero-order valence-electron chi connectivity index (χ0n) is 14.9. The Morgan fingerprint density at radius 3 is 2.68 bits per heavy atom. The molecule has 1 aromatic heterocycles. The maximum Gasteiger partial charge on any atom is 0.255 e. The van der Waals surface area contributed by atoms with Gasteiger partial charge in [-0.25, -0.2) is 0 Å². The first-order valence-electron chi connectivity index (χ1n) is 10.0. The van der Waals surface area contributed by atoms with E-state index in [1.165, 1.54) is 25.0 Å². The fourth-order valence-corrected chi connectivity index (χ4v) is 5.95. The molecule has 25 heavy (non-hydrogen) atoms. The molecule has 2 N–H and O–H groups in total. The minimum absolute atomic E-state index is 0.248. The third kappa shape index (κ3) is 2.68. The second kappa shape index (κ2) is 6.22. The number of hydrogen-bond acceptors (Lipinski definition) is 4. The Balaban J connectivity index is 1.41. The number of nitrogens with one attached hydrogen (secondary N) is 1. The highest BCUT2D eigenvalue weighted by molar-refractivity contribution is 5.22. The van der Waals surface area contributed by atoms with Gasteiger partial charge in [0.05, 0.1) is 0 Å². The highest BCUT2D eigenvalue weighted by Crippen LogP contribution is 2.39. The fraction of sp³-hybridized carbons (Fsp3) is 0.750. The molecule has 0 amide bonds. The van der Waals surface area contributed by atoms with E-state index in [1.54, 1.807) is 0 Å². The molecule has 5 atom stereocenters. The molecular formula is C20H29N3O2. The summed E-state index contributed by atoms with van der Waals surface area (Å²) in [5.74, 6) is 1.58. The maximum atomic E-state index is 13.1. The van der Waals surface area contributed by atoms with Gasteiger partial charge in [-0.3, -0.25) is 9.69 Å². The predicted octanol–water partition coefficient (Wildman–Crippen LogP) is 1.29. The summed E-state index contributed by atoms with van der Waals surface area (Å²) in [4.78, 5) is 15.7. The molecule has 0 spiro atoms. The van der Waals surface area contributed by atoms with E-state index in [9.17, 15) is 9.90 Å². The van der Waals surface area contributed by atoms with Crippen LogP contribution < -0.4 is 10.9 Å². The number of aromatic nitrogens is 1. The zero-order chi connectivity index (χ0) is 17.0. The third-order valence-electron chi connectivity index (χ3n) is 7.18. The van der Waals surface area contributed by atoms with Crippen LogP contribution in [0.15, 0.2) is 16.9 Å². The van der Waals surface area contributed by atoms with E-state index in [0.717, 1.165) is 44.6 Å². The first-order valence-corrected chi connectivity index (χ1v) is 10.0. The Morgan fingerprint density at radius 1 is 1.12 bits per heavy atom. The molecule has 1 unspecified atom stereocenters. The Hall–Kier alpha value is -1.17. The number of aliphatic hydroxyl groups is 1. The second-order valence-electron chi connectivity index (χ2n) is 8.73. The SMILES string of the molecule is O=c1c(CN2[C@@H]3CC[C@H]2CC(CO)C3)ccc2n1C[C@@H]1CNC[C@H]2C1. The molecule has 0 aromatic carbocycles. The minimum atomic E-state index is 0.248. The van der Waals surface area contributed by atoms with Crippen molar-refractivity contribution < 1.29 is 5.11 Å². The van der Waals surface area contributed by atoms with Crippen LogP contribution in [0.3, 0.4) is 0 Å². The lowest BCUT2D eigenvalue weighted by Crippen LogP contribution is -2.47. The van der Waals surface area contributed by atoms with Crippen molar-refractivity contribution in [3.05, 3.63) is 33.7 Å². The van der Waals surface area contributed by atoms with Gasteiger partial charge in [0, 0.05) is 55.5 Å². The second-order valence-corrected chi connectivity index (χ2v) is 8.73. The average molecular weight is 343 g/mol. The summed E-state index contributed by atoms with van der Waals surface area (Å²) in [6, 6.07) is 5.42. The van der Waals surface area contributed by atoms with Gasteiger partial charge in [0.15, 0.2) is 0 Å². The van der Waals surface area contributed by atoms with Crippen LogP contribution in [0, 0.1) is 11.8 Å². The molecule has 5 rings (SSSR count). The molecule has 0 aliphatic carbocycles. The van der Waals surface area contributed by atoms with Crippen molar-refractivity contribution >= 4 is 0 Å². The molecule has 5 nitrogen and oxygen atoms in total. The van der Waals surface area contributed by atoms with Gasteiger partial charge in [0.1, 0.15) is 0 Å². The van der Waals surface area contributed by atoms with Crippen LogP contribution in [0.4, 0.5) is 0 Å². The topological polar surface area (TPSA) is 57.5 Å². The highest BCUT2D eigenvalue weighted by atomic mass is 16.3. The molecule has 4 bridgehead atoms. The predicted molar refractivity (Wildman–Crippen MR) is 96.6 cm³/mol. The monoisotopic (exact) mass is 343 g/mol. The van der Waals surface area contributed by atoms with Crippen LogP contribution in [0.1, 0.15) is 49.3 Å². The summed E-state index contributed by atoms with van der Waals surface area (Å²) in [7, 11) is 0. The summed E-state index contributed by atoms with van der Waals surface area (Å²) in [6.07, 6.45) is 5.86. The van der Waals surface area contributed by atoms with Gasteiger partial charge in [-0.1, -0.05) is 6.07 Å². The minimum Gasteiger partial charge on any atom is -0.396 e. The summed E-state index contributed by atoms with van der Waals surface area (Å²) >= 11 is 0. The largest absolute Gasteiger partial charge is 0.396 e. The fourth-order valence-electron chi connectivity index (χ4n) is 5.95. The third-order valence-corrected chi connectivity index (χ3v) is 7.18. The number of pyridine rings is 1. The van der Waals surface area contributed by atoms with Crippen LogP contribution in [0.5, 0.6) is 0 Å². The van der Waals surface area contributed by atoms with Crippen molar-refractivity contribution in [1.29, 1.82) is 0 Å². The quantitative estimate of drug-likeness (QED) is 0.868. The molecule has 4 aliphatic heterocycles. The van der Waals surface area contributed by atoms with E-state index in [1.807, 2.05) is 0 Å². The van der Waals surface area contributed by atoms with E-state index in [2.05, 4.69) is 26.9 Å². The molecule has 0 radical (unpaired) electrons. The Kier molecular flexibility index (Phi) is 3.99. The summed E-state index contributed by atoms with van der Waals surface area (Å²) < 4.78 is 2.08. The highest BCUT2D eigenvalue weighted by Gasteiger charge is 2.40. The Labute approximate surface area is 149 Å². The van der Waals surface area contributed by atoms with Crippen LogP contribution in [-0.4, -0.2) is 46.4 Å². The first-order chi connectivity index (χ1) is 12.2. The Morgan fingerprint density at radius 2 is 1.92 bits per heavy atom. The van der Waals surface area contributed by atoms with Crippen molar-refractivity contribution in [3.8, 4) is 0 Å². The molecule has 3 saturated heterocycles. The average Bonchev–Trinajstić information content (AvgIpc) is 2.86. The van der Waals surface area contributed by atoms with E-state index < -0.39 is 0 Å². The van der Waals surface area contributed by atoms with E-state index in [-0.39, 0.29) is 5.56 Å². The van der Waals surface area contributed by atoms with Crippen LogP contribution in [-0.2, 0) is 13.1 Å². The van der Waals surface area contributed by atoms with Crippen molar-refractivity contribution in [1.82, 2.24) is 14.8 Å². The van der Waals surface area contributed by atoms with Gasteiger partial charge in [-0.05, 0) is 56.6 Å². The number of aliphatic hydroxyl groups excluding tert-OH is 1. The Bertz CT molecular complexity index is 701. The van der Waals surface area contributed by atoms with Crippen molar-refractivity contribution in [2.75, 3.05) is 19.7 Å². The van der Waals surface area contributed by atoms with E-state index >= 15 is 0 Å². The lowest BCUT2D eigenvalue weighted by molar-refractivity contribution is 0.0678. The lowest BCUT2D eigenvalue weighted by Gasteiger charge is -2.39. The number of fused-ring (bicyclic) bond motifs is 6. The smallest absolute Gasteiger partial charge is 0.255 e. The van der Waals surface area contributed by atoms with E-state index in [0.29, 0.717) is 36.4 Å².